The second-order valence-electron chi connectivity index (χ2n) is 3.77. The maximum Gasteiger partial charge on any atom is 0.313 e. The summed E-state index contributed by atoms with van der Waals surface area (Å²) in [5, 5.41) is 9.40. The third kappa shape index (κ3) is 2.47. The number of nitrogens with zero attached hydrogens (tertiary/aromatic N) is 3. The smallest absolute Gasteiger partial charge is 0.313 e. The van der Waals surface area contributed by atoms with Gasteiger partial charge in [0.1, 0.15) is 0 Å². The summed E-state index contributed by atoms with van der Waals surface area (Å²) in [6, 6.07) is 5.93. The first kappa shape index (κ1) is 12.2. The summed E-state index contributed by atoms with van der Waals surface area (Å²) >= 11 is 2.78. The Labute approximate surface area is 116 Å². The van der Waals surface area contributed by atoms with Crippen molar-refractivity contribution in [3.8, 4) is 5.69 Å². The van der Waals surface area contributed by atoms with Gasteiger partial charge in [-0.05, 0) is 18.2 Å². The van der Waals surface area contributed by atoms with Crippen molar-refractivity contribution in [1.82, 2.24) is 14.5 Å². The molecular weight excluding hydrogens is 282 g/mol. The van der Waals surface area contributed by atoms with Crippen LogP contribution in [0, 0.1) is 0 Å². The number of hydrogen-bond acceptors (Lipinski definition) is 5. The number of aromatic nitrogens is 3. The van der Waals surface area contributed by atoms with Gasteiger partial charge in [-0.3, -0.25) is 9.36 Å². The highest BCUT2D eigenvalue weighted by molar-refractivity contribution is 7.99. The fraction of sp³-hybridized carbons (Fsp3) is 0.0833. The minimum atomic E-state index is -0.850. The molecule has 7 heteroatoms. The number of aliphatic carboxylic acids is 1. The van der Waals surface area contributed by atoms with Crippen molar-refractivity contribution in [2.75, 3.05) is 5.75 Å². The van der Waals surface area contributed by atoms with Crippen molar-refractivity contribution in [3.05, 3.63) is 36.1 Å². The van der Waals surface area contributed by atoms with Crippen LogP contribution in [0.15, 0.2) is 41.3 Å². The second kappa shape index (κ2) is 5.02. The number of thioether (sulfide) groups is 1. The lowest BCUT2D eigenvalue weighted by atomic mass is 10.3. The molecule has 0 atom stereocenters. The highest BCUT2D eigenvalue weighted by Gasteiger charge is 2.09. The number of carboxylic acid groups (broad SMARTS) is 1. The molecule has 0 aliphatic heterocycles. The molecule has 0 spiro atoms. The van der Waals surface area contributed by atoms with Crippen molar-refractivity contribution in [3.63, 3.8) is 0 Å². The second-order valence-corrected chi connectivity index (χ2v) is 5.60. The van der Waals surface area contributed by atoms with E-state index in [2.05, 4.69) is 9.97 Å². The Bertz CT molecular complexity index is 735. The van der Waals surface area contributed by atoms with Crippen LogP contribution in [0.4, 0.5) is 0 Å². The average molecular weight is 291 g/mol. The maximum absolute atomic E-state index is 10.6. The molecule has 1 N–H and O–H groups in total. The summed E-state index contributed by atoms with van der Waals surface area (Å²) in [5.41, 5.74) is 3.73. The van der Waals surface area contributed by atoms with Gasteiger partial charge in [0.25, 0.3) is 0 Å². The van der Waals surface area contributed by atoms with Crippen LogP contribution in [0.2, 0.25) is 0 Å². The van der Waals surface area contributed by atoms with Gasteiger partial charge in [-0.1, -0.05) is 11.8 Å². The van der Waals surface area contributed by atoms with Gasteiger partial charge in [0.15, 0.2) is 5.16 Å². The van der Waals surface area contributed by atoms with Gasteiger partial charge in [0, 0.05) is 18.1 Å². The van der Waals surface area contributed by atoms with Crippen molar-refractivity contribution in [2.45, 2.75) is 5.16 Å². The average Bonchev–Trinajstić information content (AvgIpc) is 3.04. The number of carboxylic acids is 1. The third-order valence-electron chi connectivity index (χ3n) is 2.52. The SMILES string of the molecule is O=C(O)CSc1nccn1-c1ccc2ncsc2c1. The van der Waals surface area contributed by atoms with Crippen LogP contribution in [-0.4, -0.2) is 31.4 Å². The molecule has 0 saturated carbocycles. The standard InChI is InChI=1S/C12H9N3O2S2/c16-11(17)6-18-12-13-3-4-15(12)8-1-2-9-10(5-8)19-7-14-9/h1-5,7H,6H2,(H,16,17). The maximum atomic E-state index is 10.6. The summed E-state index contributed by atoms with van der Waals surface area (Å²) in [4.78, 5) is 19.0. The monoisotopic (exact) mass is 291 g/mol. The summed E-state index contributed by atoms with van der Waals surface area (Å²) in [7, 11) is 0. The molecule has 96 valence electrons. The van der Waals surface area contributed by atoms with Crippen LogP contribution < -0.4 is 0 Å². The first-order valence-corrected chi connectivity index (χ1v) is 7.32. The van der Waals surface area contributed by atoms with Crippen LogP contribution in [0.5, 0.6) is 0 Å². The normalized spacial score (nSPS) is 10.9. The van der Waals surface area contributed by atoms with Crippen LogP contribution in [0.1, 0.15) is 0 Å². The van der Waals surface area contributed by atoms with Crippen molar-refractivity contribution in [2.24, 2.45) is 0 Å². The molecular formula is C12H9N3O2S2. The molecule has 19 heavy (non-hydrogen) atoms. The van der Waals surface area contributed by atoms with E-state index in [9.17, 15) is 4.79 Å². The highest BCUT2D eigenvalue weighted by Crippen LogP contribution is 2.25. The quantitative estimate of drug-likeness (QED) is 0.748. The van der Waals surface area contributed by atoms with E-state index in [0.717, 1.165) is 15.9 Å². The molecule has 3 rings (SSSR count). The number of rotatable bonds is 4. The van der Waals surface area contributed by atoms with Gasteiger partial charge in [0.2, 0.25) is 0 Å². The first-order chi connectivity index (χ1) is 9.24. The predicted molar refractivity (Wildman–Crippen MR) is 75.1 cm³/mol. The van der Waals surface area contributed by atoms with Crippen LogP contribution in [0.25, 0.3) is 15.9 Å². The summed E-state index contributed by atoms with van der Waals surface area (Å²) in [6.45, 7) is 0. The molecule has 0 bridgehead atoms. The number of imidazole rings is 1. The Kier molecular flexibility index (Phi) is 3.22. The van der Waals surface area contributed by atoms with Gasteiger partial charge in [-0.15, -0.1) is 11.3 Å². The number of fused-ring (bicyclic) bond motifs is 1. The van der Waals surface area contributed by atoms with E-state index >= 15 is 0 Å². The van der Waals surface area contributed by atoms with Crippen LogP contribution in [0.3, 0.4) is 0 Å². The van der Waals surface area contributed by atoms with E-state index < -0.39 is 5.97 Å². The molecule has 3 aromatic rings. The molecule has 0 amide bonds. The highest BCUT2D eigenvalue weighted by atomic mass is 32.2. The van der Waals surface area contributed by atoms with Crippen molar-refractivity contribution in [1.29, 1.82) is 0 Å². The zero-order valence-corrected chi connectivity index (χ0v) is 11.3. The molecule has 0 unspecified atom stereocenters. The largest absolute Gasteiger partial charge is 0.481 e. The van der Waals surface area contributed by atoms with Gasteiger partial charge in [0.05, 0.1) is 21.5 Å². The van der Waals surface area contributed by atoms with Gasteiger partial charge in [-0.2, -0.15) is 0 Å². The minimum Gasteiger partial charge on any atom is -0.481 e. The van der Waals surface area contributed by atoms with Gasteiger partial charge in [-0.25, -0.2) is 9.97 Å². The van der Waals surface area contributed by atoms with E-state index in [0.29, 0.717) is 5.16 Å². The number of benzene rings is 1. The third-order valence-corrected chi connectivity index (χ3v) is 4.27. The Balaban J connectivity index is 1.96. The molecule has 1 aromatic carbocycles. The van der Waals surface area contributed by atoms with Gasteiger partial charge >= 0.3 is 5.97 Å². The van der Waals surface area contributed by atoms with E-state index in [1.54, 1.807) is 17.5 Å². The first-order valence-electron chi connectivity index (χ1n) is 5.45. The van der Waals surface area contributed by atoms with E-state index in [1.807, 2.05) is 34.5 Å². The molecule has 0 saturated heterocycles. The Morgan fingerprint density at radius 3 is 3.16 bits per heavy atom. The van der Waals surface area contributed by atoms with E-state index in [-0.39, 0.29) is 5.75 Å². The number of carbonyl (C=O) groups is 1. The molecule has 5 nitrogen and oxygen atoms in total. The molecule has 2 heterocycles. The lowest BCUT2D eigenvalue weighted by molar-refractivity contribution is -0.133. The molecule has 0 radical (unpaired) electrons. The Morgan fingerprint density at radius 2 is 2.32 bits per heavy atom. The number of thiazole rings is 1. The molecule has 0 fully saturated rings. The Morgan fingerprint density at radius 1 is 1.42 bits per heavy atom. The fourth-order valence-corrected chi connectivity index (χ4v) is 3.12. The van der Waals surface area contributed by atoms with Gasteiger partial charge < -0.3 is 5.11 Å². The van der Waals surface area contributed by atoms with Crippen LogP contribution >= 0.6 is 23.1 Å². The summed E-state index contributed by atoms with van der Waals surface area (Å²) < 4.78 is 2.98. The lowest BCUT2D eigenvalue weighted by Crippen LogP contribution is -2.01. The Hall–Kier alpha value is -1.86. The fourth-order valence-electron chi connectivity index (χ4n) is 1.71. The molecule has 0 aliphatic rings. The predicted octanol–water partition coefficient (Wildman–Crippen LogP) is 2.66. The van der Waals surface area contributed by atoms with Crippen LogP contribution in [-0.2, 0) is 4.79 Å². The zero-order chi connectivity index (χ0) is 13.2. The topological polar surface area (TPSA) is 68.0 Å². The van der Waals surface area contributed by atoms with E-state index in [4.69, 9.17) is 5.11 Å². The molecule has 0 aliphatic carbocycles. The number of hydrogen-bond donors (Lipinski definition) is 1. The van der Waals surface area contributed by atoms with Crippen molar-refractivity contribution < 1.29 is 9.90 Å². The van der Waals surface area contributed by atoms with Crippen molar-refractivity contribution >= 4 is 39.3 Å². The lowest BCUT2D eigenvalue weighted by Gasteiger charge is -2.06. The minimum absolute atomic E-state index is 0.000183. The molecule has 2 aromatic heterocycles. The van der Waals surface area contributed by atoms with E-state index in [1.165, 1.54) is 11.8 Å². The zero-order valence-electron chi connectivity index (χ0n) is 9.68. The summed E-state index contributed by atoms with van der Waals surface area (Å²) in [6.07, 6.45) is 3.49. The summed E-state index contributed by atoms with van der Waals surface area (Å²) in [5.74, 6) is -0.850.